The average Bonchev–Trinajstić information content (AvgIpc) is 2.72. The standard InChI is InChI=1S/C14H13BrN2O/c1-17-8-7-10-12(14(17)18)11(13(15)16-10)9-5-3-2-4-6-9/h2-6,16H,7-8H2,1H3. The minimum Gasteiger partial charge on any atom is -0.352 e. The van der Waals surface area contributed by atoms with Crippen LogP contribution in [0.3, 0.4) is 0 Å². The fraction of sp³-hybridized carbons (Fsp3) is 0.214. The third kappa shape index (κ3) is 1.68. The quantitative estimate of drug-likeness (QED) is 0.863. The minimum absolute atomic E-state index is 0.0945. The predicted octanol–water partition coefficient (Wildman–Crippen LogP) is 3.07. The van der Waals surface area contributed by atoms with E-state index in [1.807, 2.05) is 37.4 Å². The van der Waals surface area contributed by atoms with E-state index < -0.39 is 0 Å². The molecule has 1 aromatic heterocycles. The van der Waals surface area contributed by atoms with E-state index in [1.54, 1.807) is 4.90 Å². The largest absolute Gasteiger partial charge is 0.352 e. The molecule has 1 N–H and O–H groups in total. The molecule has 0 spiro atoms. The number of carbonyl (C=O) groups excluding carboxylic acids is 1. The number of nitrogens with zero attached hydrogens (tertiary/aromatic N) is 1. The summed E-state index contributed by atoms with van der Waals surface area (Å²) in [6.07, 6.45) is 0.878. The molecule has 1 aliphatic rings. The molecule has 1 aliphatic heterocycles. The highest BCUT2D eigenvalue weighted by Gasteiger charge is 2.28. The van der Waals surface area contributed by atoms with Gasteiger partial charge in [-0.15, -0.1) is 0 Å². The number of aromatic amines is 1. The van der Waals surface area contributed by atoms with Crippen LogP contribution in [0.4, 0.5) is 0 Å². The molecule has 92 valence electrons. The highest BCUT2D eigenvalue weighted by molar-refractivity contribution is 9.10. The molecule has 2 aromatic rings. The maximum absolute atomic E-state index is 12.3. The summed E-state index contributed by atoms with van der Waals surface area (Å²) in [5.41, 5.74) is 3.87. The van der Waals surface area contributed by atoms with E-state index in [9.17, 15) is 4.79 Å². The number of fused-ring (bicyclic) bond motifs is 1. The fourth-order valence-corrected chi connectivity index (χ4v) is 3.06. The number of halogens is 1. The molecular formula is C14H13BrN2O. The van der Waals surface area contributed by atoms with Gasteiger partial charge >= 0.3 is 0 Å². The lowest BCUT2D eigenvalue weighted by Gasteiger charge is -2.23. The number of likely N-dealkylation sites (N-methyl/N-ethyl adjacent to an activating group) is 1. The number of aromatic nitrogens is 1. The topological polar surface area (TPSA) is 36.1 Å². The Morgan fingerprint density at radius 1 is 1.22 bits per heavy atom. The van der Waals surface area contributed by atoms with Crippen molar-refractivity contribution in [1.29, 1.82) is 0 Å². The Balaban J connectivity index is 2.22. The number of nitrogens with one attached hydrogen (secondary N) is 1. The second-order valence-corrected chi connectivity index (χ2v) is 5.30. The Morgan fingerprint density at radius 3 is 2.67 bits per heavy atom. The summed E-state index contributed by atoms with van der Waals surface area (Å²) >= 11 is 3.54. The highest BCUT2D eigenvalue weighted by Crippen LogP contribution is 2.36. The Morgan fingerprint density at radius 2 is 1.94 bits per heavy atom. The maximum Gasteiger partial charge on any atom is 0.256 e. The zero-order valence-electron chi connectivity index (χ0n) is 10.0. The Hall–Kier alpha value is -1.55. The van der Waals surface area contributed by atoms with Crippen molar-refractivity contribution in [3.05, 3.63) is 46.2 Å². The third-order valence-corrected chi connectivity index (χ3v) is 3.95. The van der Waals surface area contributed by atoms with Crippen molar-refractivity contribution in [1.82, 2.24) is 9.88 Å². The molecule has 18 heavy (non-hydrogen) atoms. The predicted molar refractivity (Wildman–Crippen MR) is 74.6 cm³/mol. The van der Waals surface area contributed by atoms with Crippen LogP contribution < -0.4 is 0 Å². The van der Waals surface area contributed by atoms with E-state index in [0.717, 1.165) is 40.0 Å². The number of carbonyl (C=O) groups is 1. The first-order valence-electron chi connectivity index (χ1n) is 5.89. The van der Waals surface area contributed by atoms with Gasteiger partial charge in [-0.3, -0.25) is 4.79 Å². The summed E-state index contributed by atoms with van der Waals surface area (Å²) < 4.78 is 0.891. The van der Waals surface area contributed by atoms with Gasteiger partial charge in [0.1, 0.15) is 0 Å². The Bertz CT molecular complexity index is 604. The van der Waals surface area contributed by atoms with Crippen molar-refractivity contribution in [2.24, 2.45) is 0 Å². The number of hydrogen-bond donors (Lipinski definition) is 1. The van der Waals surface area contributed by atoms with Crippen LogP contribution in [0.15, 0.2) is 34.9 Å². The van der Waals surface area contributed by atoms with Gasteiger partial charge < -0.3 is 9.88 Å². The lowest BCUT2D eigenvalue weighted by atomic mass is 9.98. The van der Waals surface area contributed by atoms with E-state index >= 15 is 0 Å². The van der Waals surface area contributed by atoms with Gasteiger partial charge in [-0.2, -0.15) is 0 Å². The maximum atomic E-state index is 12.3. The van der Waals surface area contributed by atoms with Gasteiger partial charge in [0.05, 0.1) is 10.2 Å². The van der Waals surface area contributed by atoms with E-state index in [2.05, 4.69) is 20.9 Å². The van der Waals surface area contributed by atoms with Crippen molar-refractivity contribution < 1.29 is 4.79 Å². The summed E-state index contributed by atoms with van der Waals surface area (Å²) in [5.74, 6) is 0.0945. The molecule has 2 heterocycles. The van der Waals surface area contributed by atoms with Crippen molar-refractivity contribution in [3.8, 4) is 11.1 Å². The normalized spacial score (nSPS) is 14.8. The summed E-state index contributed by atoms with van der Waals surface area (Å²) in [5, 5.41) is 0. The second-order valence-electron chi connectivity index (χ2n) is 4.51. The van der Waals surface area contributed by atoms with Gasteiger partial charge in [-0.25, -0.2) is 0 Å². The van der Waals surface area contributed by atoms with Crippen molar-refractivity contribution in [2.45, 2.75) is 6.42 Å². The number of rotatable bonds is 1. The molecule has 0 bridgehead atoms. The monoisotopic (exact) mass is 304 g/mol. The lowest BCUT2D eigenvalue weighted by Crippen LogP contribution is -2.34. The summed E-state index contributed by atoms with van der Waals surface area (Å²) in [4.78, 5) is 17.4. The van der Waals surface area contributed by atoms with Crippen molar-refractivity contribution >= 4 is 21.8 Å². The van der Waals surface area contributed by atoms with Gasteiger partial charge in [-0.05, 0) is 21.5 Å². The molecule has 0 atom stereocenters. The number of hydrogen-bond acceptors (Lipinski definition) is 1. The molecule has 0 aliphatic carbocycles. The van der Waals surface area contributed by atoms with Crippen LogP contribution in [0.2, 0.25) is 0 Å². The second kappa shape index (κ2) is 4.28. The first kappa shape index (κ1) is 11.5. The molecule has 3 rings (SSSR count). The van der Waals surface area contributed by atoms with Crippen LogP contribution in [-0.4, -0.2) is 29.4 Å². The smallest absolute Gasteiger partial charge is 0.256 e. The van der Waals surface area contributed by atoms with Gasteiger partial charge in [0.2, 0.25) is 0 Å². The van der Waals surface area contributed by atoms with Crippen LogP contribution in [0.5, 0.6) is 0 Å². The first-order valence-corrected chi connectivity index (χ1v) is 6.69. The van der Waals surface area contributed by atoms with Gasteiger partial charge in [-0.1, -0.05) is 30.3 Å². The molecule has 0 radical (unpaired) electrons. The fourth-order valence-electron chi connectivity index (χ4n) is 2.39. The molecule has 4 heteroatoms. The SMILES string of the molecule is CN1CCc2[nH]c(Br)c(-c3ccccc3)c2C1=O. The van der Waals surface area contributed by atoms with Gasteiger partial charge in [0, 0.05) is 31.3 Å². The Kier molecular flexibility index (Phi) is 2.74. The van der Waals surface area contributed by atoms with Crippen LogP contribution in [0.25, 0.3) is 11.1 Å². The van der Waals surface area contributed by atoms with Crippen molar-refractivity contribution in [2.75, 3.05) is 13.6 Å². The van der Waals surface area contributed by atoms with Crippen LogP contribution in [-0.2, 0) is 6.42 Å². The first-order chi connectivity index (χ1) is 8.68. The van der Waals surface area contributed by atoms with Gasteiger partial charge in [0.25, 0.3) is 5.91 Å². The molecule has 0 fully saturated rings. The molecule has 3 nitrogen and oxygen atoms in total. The van der Waals surface area contributed by atoms with Crippen LogP contribution in [0.1, 0.15) is 16.1 Å². The van der Waals surface area contributed by atoms with Gasteiger partial charge in [0.15, 0.2) is 0 Å². The molecule has 0 saturated carbocycles. The van der Waals surface area contributed by atoms with E-state index in [1.165, 1.54) is 0 Å². The summed E-state index contributed by atoms with van der Waals surface area (Å²) in [7, 11) is 1.85. The lowest BCUT2D eigenvalue weighted by molar-refractivity contribution is 0.0781. The molecule has 1 amide bonds. The van der Waals surface area contributed by atoms with E-state index in [-0.39, 0.29) is 5.91 Å². The molecule has 1 aromatic carbocycles. The zero-order chi connectivity index (χ0) is 12.7. The van der Waals surface area contributed by atoms with Crippen LogP contribution in [0, 0.1) is 0 Å². The average molecular weight is 305 g/mol. The highest BCUT2D eigenvalue weighted by atomic mass is 79.9. The minimum atomic E-state index is 0.0945. The third-order valence-electron chi connectivity index (χ3n) is 3.35. The zero-order valence-corrected chi connectivity index (χ0v) is 11.6. The summed E-state index contributed by atoms with van der Waals surface area (Å²) in [6.45, 7) is 0.771. The molecule has 0 unspecified atom stereocenters. The molecule has 0 saturated heterocycles. The van der Waals surface area contributed by atoms with Crippen LogP contribution >= 0.6 is 15.9 Å². The molecular weight excluding hydrogens is 292 g/mol. The summed E-state index contributed by atoms with van der Waals surface area (Å²) in [6, 6.07) is 9.99. The number of amides is 1. The number of H-pyrrole nitrogens is 1. The van der Waals surface area contributed by atoms with Crippen molar-refractivity contribution in [3.63, 3.8) is 0 Å². The number of benzene rings is 1. The Labute approximate surface area is 114 Å². The van der Waals surface area contributed by atoms with E-state index in [0.29, 0.717) is 0 Å². The van der Waals surface area contributed by atoms with E-state index in [4.69, 9.17) is 0 Å².